The molecule has 0 bridgehead atoms. The van der Waals surface area contributed by atoms with Crippen LogP contribution < -0.4 is 5.32 Å². The molecule has 35 heavy (non-hydrogen) atoms. The molecule has 2 saturated heterocycles. The number of amides is 3. The summed E-state index contributed by atoms with van der Waals surface area (Å²) in [5, 5.41) is 3.20. The minimum Gasteiger partial charge on any atom is -0.469 e. The number of methoxy groups -OCH3 is 1. The third-order valence-corrected chi connectivity index (χ3v) is 7.55. The van der Waals surface area contributed by atoms with E-state index in [1.54, 1.807) is 4.90 Å². The van der Waals surface area contributed by atoms with Crippen molar-refractivity contribution in [2.75, 3.05) is 33.3 Å². The molecular weight excluding hydrogens is 450 g/mol. The highest BCUT2D eigenvalue weighted by atomic mass is 16.6. The largest absolute Gasteiger partial charge is 0.469 e. The van der Waals surface area contributed by atoms with Gasteiger partial charge in [0, 0.05) is 50.5 Å². The number of hydrogen-bond acceptors (Lipinski definition) is 6. The van der Waals surface area contributed by atoms with E-state index in [4.69, 9.17) is 9.47 Å². The molecular formula is C26H43N3O6. The lowest BCUT2D eigenvalue weighted by Gasteiger charge is -2.37. The number of nitrogens with zero attached hydrogens (tertiary/aromatic N) is 2. The van der Waals surface area contributed by atoms with Crippen molar-refractivity contribution < 1.29 is 28.7 Å². The Bertz CT molecular complexity index is 756. The number of nitrogens with one attached hydrogen (secondary N) is 1. The number of carbonyl (C=O) groups excluding carboxylic acids is 4. The second-order valence-corrected chi connectivity index (χ2v) is 11.3. The minimum absolute atomic E-state index is 0.0253. The molecule has 2 heterocycles. The van der Waals surface area contributed by atoms with E-state index in [1.165, 1.54) is 7.11 Å². The Morgan fingerprint density at radius 2 is 1.37 bits per heavy atom. The Hall–Kier alpha value is -2.32. The second-order valence-electron chi connectivity index (χ2n) is 11.3. The smallest absolute Gasteiger partial charge is 0.410 e. The van der Waals surface area contributed by atoms with Crippen LogP contribution in [0.3, 0.4) is 0 Å². The first-order valence-electron chi connectivity index (χ1n) is 13.2. The zero-order chi connectivity index (χ0) is 25.6. The maximum Gasteiger partial charge on any atom is 0.410 e. The lowest BCUT2D eigenvalue weighted by molar-refractivity contribution is -0.142. The Kier molecular flexibility index (Phi) is 9.41. The highest BCUT2D eigenvalue weighted by Gasteiger charge is 2.34. The summed E-state index contributed by atoms with van der Waals surface area (Å²) >= 11 is 0. The maximum atomic E-state index is 13.0. The van der Waals surface area contributed by atoms with Crippen LogP contribution in [-0.2, 0) is 23.9 Å². The van der Waals surface area contributed by atoms with Crippen LogP contribution in [-0.4, -0.2) is 78.6 Å². The second kappa shape index (κ2) is 12.1. The molecule has 1 aliphatic carbocycles. The quantitative estimate of drug-likeness (QED) is 0.590. The van der Waals surface area contributed by atoms with Crippen molar-refractivity contribution in [1.29, 1.82) is 0 Å². The topological polar surface area (TPSA) is 105 Å². The number of likely N-dealkylation sites (tertiary alicyclic amines) is 2. The van der Waals surface area contributed by atoms with E-state index < -0.39 is 5.60 Å². The number of carbonyl (C=O) groups is 4. The third-order valence-electron chi connectivity index (χ3n) is 7.55. The van der Waals surface area contributed by atoms with Gasteiger partial charge in [-0.05, 0) is 78.1 Å². The highest BCUT2D eigenvalue weighted by Crippen LogP contribution is 2.29. The van der Waals surface area contributed by atoms with Gasteiger partial charge in [-0.2, -0.15) is 0 Å². The van der Waals surface area contributed by atoms with Gasteiger partial charge < -0.3 is 24.6 Å². The van der Waals surface area contributed by atoms with Gasteiger partial charge in [-0.1, -0.05) is 0 Å². The summed E-state index contributed by atoms with van der Waals surface area (Å²) < 4.78 is 10.2. The third kappa shape index (κ3) is 8.10. The van der Waals surface area contributed by atoms with Gasteiger partial charge in [0.05, 0.1) is 7.11 Å². The monoisotopic (exact) mass is 493 g/mol. The highest BCUT2D eigenvalue weighted by molar-refractivity contribution is 5.80. The summed E-state index contributed by atoms with van der Waals surface area (Å²) in [5.74, 6) is 0.353. The molecule has 2 aliphatic heterocycles. The summed E-state index contributed by atoms with van der Waals surface area (Å²) in [6, 6.07) is 0.112. The normalized spacial score (nSPS) is 24.6. The average Bonchev–Trinajstić information content (AvgIpc) is 2.83. The number of esters is 1. The number of ether oxygens (including phenoxy) is 2. The van der Waals surface area contributed by atoms with Gasteiger partial charge in [-0.3, -0.25) is 14.4 Å². The number of rotatable bonds is 5. The van der Waals surface area contributed by atoms with E-state index in [0.717, 1.165) is 38.5 Å². The summed E-state index contributed by atoms with van der Waals surface area (Å²) in [6.07, 6.45) is 6.32. The van der Waals surface area contributed by atoms with E-state index in [0.29, 0.717) is 51.4 Å². The van der Waals surface area contributed by atoms with E-state index in [2.05, 4.69) is 5.32 Å². The molecule has 0 spiro atoms. The Balaban J connectivity index is 1.35. The van der Waals surface area contributed by atoms with Crippen molar-refractivity contribution >= 4 is 23.9 Å². The van der Waals surface area contributed by atoms with Gasteiger partial charge in [0.1, 0.15) is 5.60 Å². The van der Waals surface area contributed by atoms with Gasteiger partial charge in [0.25, 0.3) is 0 Å². The van der Waals surface area contributed by atoms with Crippen LogP contribution in [0.15, 0.2) is 0 Å². The van der Waals surface area contributed by atoms with Gasteiger partial charge in [0.2, 0.25) is 11.8 Å². The minimum atomic E-state index is -0.521. The molecule has 3 aliphatic rings. The van der Waals surface area contributed by atoms with Gasteiger partial charge >= 0.3 is 12.1 Å². The molecule has 1 N–H and O–H groups in total. The zero-order valence-electron chi connectivity index (χ0n) is 21.8. The van der Waals surface area contributed by atoms with Crippen LogP contribution in [0.25, 0.3) is 0 Å². The van der Waals surface area contributed by atoms with E-state index in [9.17, 15) is 19.2 Å². The first-order chi connectivity index (χ1) is 16.6. The molecule has 3 rings (SSSR count). The molecule has 9 nitrogen and oxygen atoms in total. The molecule has 3 amide bonds. The van der Waals surface area contributed by atoms with Gasteiger partial charge in [0.15, 0.2) is 0 Å². The zero-order valence-corrected chi connectivity index (χ0v) is 21.8. The van der Waals surface area contributed by atoms with Crippen molar-refractivity contribution in [2.45, 2.75) is 90.2 Å². The van der Waals surface area contributed by atoms with Crippen LogP contribution in [0.2, 0.25) is 0 Å². The molecule has 1 saturated carbocycles. The first kappa shape index (κ1) is 27.3. The van der Waals surface area contributed by atoms with Crippen LogP contribution >= 0.6 is 0 Å². The summed E-state index contributed by atoms with van der Waals surface area (Å²) in [5.41, 5.74) is -0.521. The predicted octanol–water partition coefficient (Wildman–Crippen LogP) is 3.11. The lowest BCUT2D eigenvalue weighted by atomic mass is 9.84. The first-order valence-corrected chi connectivity index (χ1v) is 13.2. The van der Waals surface area contributed by atoms with E-state index >= 15 is 0 Å². The Morgan fingerprint density at radius 1 is 0.800 bits per heavy atom. The van der Waals surface area contributed by atoms with Crippen molar-refractivity contribution in [1.82, 2.24) is 15.1 Å². The maximum absolute atomic E-state index is 13.0. The fourth-order valence-corrected chi connectivity index (χ4v) is 5.39. The molecule has 0 atom stereocenters. The average molecular weight is 494 g/mol. The van der Waals surface area contributed by atoms with Crippen LogP contribution in [0, 0.1) is 17.8 Å². The van der Waals surface area contributed by atoms with Gasteiger partial charge in [-0.15, -0.1) is 0 Å². The molecule has 0 aromatic rings. The molecule has 0 unspecified atom stereocenters. The molecule has 0 aromatic carbocycles. The lowest BCUT2D eigenvalue weighted by Crippen LogP contribution is -2.48. The standard InChI is InChI=1S/C26H43N3O6/c1-26(2,3)35-25(33)29-15-11-19(12-16-29)23(31)27-21-7-5-20(6-8-21)24(32)28-13-9-18(10-14-28)17-22(30)34-4/h18-21H,5-17H2,1-4H3,(H,27,31). The predicted molar refractivity (Wildman–Crippen MR) is 130 cm³/mol. The van der Waals surface area contributed by atoms with E-state index in [1.807, 2.05) is 25.7 Å². The van der Waals surface area contributed by atoms with Crippen molar-refractivity contribution in [2.24, 2.45) is 17.8 Å². The summed E-state index contributed by atoms with van der Waals surface area (Å²) in [7, 11) is 1.41. The summed E-state index contributed by atoms with van der Waals surface area (Å²) in [6.45, 7) is 8.03. The molecule has 0 aromatic heterocycles. The molecule has 9 heteroatoms. The van der Waals surface area contributed by atoms with E-state index in [-0.39, 0.29) is 41.8 Å². The van der Waals surface area contributed by atoms with Gasteiger partial charge in [-0.25, -0.2) is 4.79 Å². The molecule has 3 fully saturated rings. The summed E-state index contributed by atoms with van der Waals surface area (Å²) in [4.78, 5) is 53.2. The SMILES string of the molecule is COC(=O)CC1CCN(C(=O)C2CCC(NC(=O)C3CCN(C(=O)OC(C)(C)C)CC3)CC2)CC1. The van der Waals surface area contributed by atoms with Crippen LogP contribution in [0.4, 0.5) is 4.79 Å². The van der Waals surface area contributed by atoms with Crippen molar-refractivity contribution in [3.05, 3.63) is 0 Å². The Morgan fingerprint density at radius 3 is 1.91 bits per heavy atom. The van der Waals surface area contributed by atoms with Crippen molar-refractivity contribution in [3.8, 4) is 0 Å². The van der Waals surface area contributed by atoms with Crippen LogP contribution in [0.5, 0.6) is 0 Å². The molecule has 198 valence electrons. The number of hydrogen-bond donors (Lipinski definition) is 1. The Labute approximate surface area is 209 Å². The fourth-order valence-electron chi connectivity index (χ4n) is 5.39. The fraction of sp³-hybridized carbons (Fsp3) is 0.846. The number of piperidine rings is 2. The van der Waals surface area contributed by atoms with Crippen molar-refractivity contribution in [3.63, 3.8) is 0 Å². The van der Waals surface area contributed by atoms with Crippen LogP contribution in [0.1, 0.15) is 78.6 Å². The molecule has 0 radical (unpaired) electrons.